The molecule has 1 aromatic carbocycles. The first-order valence-electron chi connectivity index (χ1n) is 6.58. The molecule has 20 heavy (non-hydrogen) atoms. The van der Waals surface area contributed by atoms with Gasteiger partial charge in [0.1, 0.15) is 5.71 Å². The van der Waals surface area contributed by atoms with Crippen molar-refractivity contribution in [3.8, 4) is 0 Å². The highest BCUT2D eigenvalue weighted by molar-refractivity contribution is 6.26. The summed E-state index contributed by atoms with van der Waals surface area (Å²) < 4.78 is 0. The molecule has 0 radical (unpaired) electrons. The van der Waals surface area contributed by atoms with Gasteiger partial charge >= 0.3 is 5.97 Å². The molecule has 0 saturated heterocycles. The molecule has 4 heteroatoms. The summed E-state index contributed by atoms with van der Waals surface area (Å²) in [7, 11) is 3.98. The van der Waals surface area contributed by atoms with E-state index in [0.717, 1.165) is 11.3 Å². The lowest BCUT2D eigenvalue weighted by molar-refractivity contribution is -0.136. The first-order chi connectivity index (χ1) is 9.29. The molecule has 0 spiro atoms. The lowest BCUT2D eigenvalue weighted by Crippen LogP contribution is -2.21. The van der Waals surface area contributed by atoms with E-state index in [1.807, 2.05) is 70.1 Å². The van der Waals surface area contributed by atoms with E-state index in [0.29, 0.717) is 11.3 Å². The minimum absolute atomic E-state index is 0.221. The van der Waals surface area contributed by atoms with E-state index in [2.05, 4.69) is 5.16 Å². The molecule has 4 nitrogen and oxygen atoms in total. The van der Waals surface area contributed by atoms with Gasteiger partial charge in [0.25, 0.3) is 0 Å². The summed E-state index contributed by atoms with van der Waals surface area (Å²) in [5, 5.41) is 3.90. The molecular weight excluding hydrogens is 252 g/mol. The molecule has 0 unspecified atom stereocenters. The van der Waals surface area contributed by atoms with Gasteiger partial charge in [0.2, 0.25) is 0 Å². The number of rotatable bonds is 2. The maximum atomic E-state index is 11.8. The van der Waals surface area contributed by atoms with Crippen LogP contribution in [0.1, 0.15) is 26.3 Å². The topological polar surface area (TPSA) is 41.9 Å². The summed E-state index contributed by atoms with van der Waals surface area (Å²) in [4.78, 5) is 18.6. The normalized spacial score (nSPS) is 17.1. The molecule has 0 amide bonds. The Balaban J connectivity index is 2.34. The van der Waals surface area contributed by atoms with Crippen LogP contribution in [0.2, 0.25) is 0 Å². The monoisotopic (exact) mass is 272 g/mol. The molecule has 0 aromatic heterocycles. The van der Waals surface area contributed by atoms with E-state index >= 15 is 0 Å². The number of oxime groups is 1. The van der Waals surface area contributed by atoms with E-state index < -0.39 is 0 Å². The molecule has 106 valence electrons. The van der Waals surface area contributed by atoms with Gasteiger partial charge in [-0.25, -0.2) is 4.79 Å². The molecule has 1 aliphatic rings. The highest BCUT2D eigenvalue weighted by atomic mass is 16.7. The third-order valence-electron chi connectivity index (χ3n) is 3.13. The zero-order chi connectivity index (χ0) is 14.9. The number of carbonyl (C=O) groups excluding carboxylic acids is 1. The van der Waals surface area contributed by atoms with E-state index in [9.17, 15) is 4.79 Å². The Morgan fingerprint density at radius 1 is 1.15 bits per heavy atom. The summed E-state index contributed by atoms with van der Waals surface area (Å²) >= 11 is 0. The smallest absolute Gasteiger partial charge is 0.367 e. The fourth-order valence-electron chi connectivity index (χ4n) is 1.99. The number of hydrogen-bond donors (Lipinski definition) is 0. The Bertz CT molecular complexity index is 575. The molecule has 0 bridgehead atoms. The van der Waals surface area contributed by atoms with Gasteiger partial charge in [-0.1, -0.05) is 38.1 Å². The van der Waals surface area contributed by atoms with Gasteiger partial charge < -0.3 is 9.74 Å². The average molecular weight is 272 g/mol. The maximum absolute atomic E-state index is 11.8. The Morgan fingerprint density at radius 2 is 1.75 bits per heavy atom. The molecule has 0 fully saturated rings. The molecule has 0 N–H and O–H groups in total. The van der Waals surface area contributed by atoms with Gasteiger partial charge in [-0.05, 0) is 23.8 Å². The van der Waals surface area contributed by atoms with Crippen LogP contribution in [0.5, 0.6) is 0 Å². The fraction of sp³-hybridized carbons (Fsp3) is 0.375. The van der Waals surface area contributed by atoms with Crippen molar-refractivity contribution in [2.75, 3.05) is 19.0 Å². The third kappa shape index (κ3) is 2.90. The molecular formula is C16H20N2O2. The van der Waals surface area contributed by atoms with Crippen LogP contribution in [0.4, 0.5) is 5.69 Å². The Hall–Kier alpha value is -2.10. The minimum Gasteiger partial charge on any atom is -0.378 e. The van der Waals surface area contributed by atoms with E-state index in [1.165, 1.54) is 0 Å². The predicted molar refractivity (Wildman–Crippen MR) is 81.7 cm³/mol. The van der Waals surface area contributed by atoms with Crippen LogP contribution in [0.3, 0.4) is 0 Å². The highest BCUT2D eigenvalue weighted by Crippen LogP contribution is 2.28. The van der Waals surface area contributed by atoms with Crippen molar-refractivity contribution in [2.45, 2.75) is 20.8 Å². The summed E-state index contributed by atoms with van der Waals surface area (Å²) in [6.45, 7) is 6.03. The molecule has 0 saturated carbocycles. The number of anilines is 1. The number of hydrogen-bond acceptors (Lipinski definition) is 4. The predicted octanol–water partition coefficient (Wildman–Crippen LogP) is 3.09. The van der Waals surface area contributed by atoms with Crippen LogP contribution >= 0.6 is 0 Å². The van der Waals surface area contributed by atoms with Gasteiger partial charge in [-0.15, -0.1) is 0 Å². The zero-order valence-corrected chi connectivity index (χ0v) is 12.6. The average Bonchev–Trinajstić information content (AvgIpc) is 2.71. The summed E-state index contributed by atoms with van der Waals surface area (Å²) in [6, 6.07) is 7.99. The van der Waals surface area contributed by atoms with Crippen molar-refractivity contribution in [1.82, 2.24) is 0 Å². The van der Waals surface area contributed by atoms with Gasteiger partial charge in [-0.3, -0.25) is 0 Å². The summed E-state index contributed by atoms with van der Waals surface area (Å²) in [5.74, 6) is -0.383. The second kappa shape index (κ2) is 5.12. The largest absolute Gasteiger partial charge is 0.378 e. The van der Waals surface area contributed by atoms with Crippen molar-refractivity contribution in [3.05, 3.63) is 35.4 Å². The standard InChI is InChI=1S/C16H20N2O2/c1-16(2,3)14-13(15(19)20-17-14)10-11-6-8-12(9-7-11)18(4)5/h6-10H,1-5H3/b13-10-. The lowest BCUT2D eigenvalue weighted by atomic mass is 9.85. The second-order valence-electron chi connectivity index (χ2n) is 6.11. The SMILES string of the molecule is CN(C)c1ccc(/C=C2\C(=O)ON=C2C(C)(C)C)cc1. The van der Waals surface area contributed by atoms with Gasteiger partial charge in [0.15, 0.2) is 0 Å². The van der Waals surface area contributed by atoms with E-state index in [1.54, 1.807) is 0 Å². The van der Waals surface area contributed by atoms with Crippen molar-refractivity contribution in [2.24, 2.45) is 10.6 Å². The van der Waals surface area contributed by atoms with Crippen molar-refractivity contribution in [1.29, 1.82) is 0 Å². The highest BCUT2D eigenvalue weighted by Gasteiger charge is 2.33. The lowest BCUT2D eigenvalue weighted by Gasteiger charge is -2.17. The maximum Gasteiger partial charge on any atom is 0.367 e. The fourth-order valence-corrected chi connectivity index (χ4v) is 1.99. The Morgan fingerprint density at radius 3 is 2.25 bits per heavy atom. The molecule has 2 rings (SSSR count). The summed E-state index contributed by atoms with van der Waals surface area (Å²) in [5.41, 5.74) is 3.09. The molecule has 1 aliphatic heterocycles. The van der Waals surface area contributed by atoms with Crippen LogP contribution < -0.4 is 4.90 Å². The third-order valence-corrected chi connectivity index (χ3v) is 3.13. The molecule has 1 heterocycles. The number of benzene rings is 1. The van der Waals surface area contributed by atoms with Crippen molar-refractivity contribution >= 4 is 23.4 Å². The first kappa shape index (κ1) is 14.3. The Kier molecular flexibility index (Phi) is 3.66. The number of carbonyl (C=O) groups is 1. The van der Waals surface area contributed by atoms with Crippen molar-refractivity contribution in [3.63, 3.8) is 0 Å². The quantitative estimate of drug-likeness (QED) is 0.613. The minimum atomic E-state index is -0.383. The van der Waals surface area contributed by atoms with Crippen LogP contribution in [-0.4, -0.2) is 25.8 Å². The van der Waals surface area contributed by atoms with Crippen molar-refractivity contribution < 1.29 is 9.63 Å². The number of nitrogens with zero attached hydrogens (tertiary/aromatic N) is 2. The van der Waals surface area contributed by atoms with E-state index in [-0.39, 0.29) is 11.4 Å². The zero-order valence-electron chi connectivity index (χ0n) is 12.6. The van der Waals surface area contributed by atoms with Crippen LogP contribution in [0, 0.1) is 5.41 Å². The van der Waals surface area contributed by atoms with Gasteiger partial charge in [0, 0.05) is 25.2 Å². The van der Waals surface area contributed by atoms with Crippen LogP contribution in [-0.2, 0) is 9.63 Å². The second-order valence-corrected chi connectivity index (χ2v) is 6.11. The summed E-state index contributed by atoms with van der Waals surface area (Å²) in [6.07, 6.45) is 1.83. The van der Waals surface area contributed by atoms with Gasteiger partial charge in [0.05, 0.1) is 5.57 Å². The first-order valence-corrected chi connectivity index (χ1v) is 6.58. The van der Waals surface area contributed by atoms with Crippen LogP contribution in [0.15, 0.2) is 35.0 Å². The van der Waals surface area contributed by atoms with Gasteiger partial charge in [-0.2, -0.15) is 0 Å². The Labute approximate surface area is 119 Å². The molecule has 0 atom stereocenters. The molecule has 1 aromatic rings. The van der Waals surface area contributed by atoms with Crippen LogP contribution in [0.25, 0.3) is 6.08 Å². The molecule has 0 aliphatic carbocycles. The van der Waals surface area contributed by atoms with E-state index in [4.69, 9.17) is 4.84 Å².